The molecule has 0 bridgehead atoms. The van der Waals surface area contributed by atoms with Gasteiger partial charge in [-0.25, -0.2) is 9.59 Å². The number of amides is 3. The zero-order valence-electron chi connectivity index (χ0n) is 19.0. The molecule has 0 radical (unpaired) electrons. The number of esters is 1. The Hall–Kier alpha value is -3.14. The van der Waals surface area contributed by atoms with Crippen molar-refractivity contribution in [2.24, 2.45) is 0 Å². The number of ether oxygens (including phenoxy) is 3. The fraction of sp³-hybridized carbons (Fsp3) is 0.261. The molecular formula is C23H22Cl3N3O6. The number of carbonyl (C=O) groups is 3. The number of urea groups is 1. The van der Waals surface area contributed by atoms with Gasteiger partial charge < -0.3 is 24.1 Å². The second kappa shape index (κ2) is 11.1. The van der Waals surface area contributed by atoms with Crippen molar-refractivity contribution in [2.45, 2.75) is 17.3 Å². The molecule has 1 heterocycles. The van der Waals surface area contributed by atoms with Crippen LogP contribution in [0.25, 0.3) is 10.9 Å². The summed E-state index contributed by atoms with van der Waals surface area (Å²) in [4.78, 5) is 37.6. The summed E-state index contributed by atoms with van der Waals surface area (Å²) in [5.74, 6) is -0.625. The van der Waals surface area contributed by atoms with Gasteiger partial charge in [-0.1, -0.05) is 46.9 Å². The molecule has 0 aliphatic heterocycles. The van der Waals surface area contributed by atoms with E-state index in [1.165, 1.54) is 7.11 Å². The predicted octanol–water partition coefficient (Wildman–Crippen LogP) is 4.90. The van der Waals surface area contributed by atoms with Crippen molar-refractivity contribution in [1.29, 1.82) is 0 Å². The standard InChI is InChI=1S/C23H22Cl3N3O6/c1-4-35-20(30)19-18(27-22(32)28-21(31)23(24,25)26)16-10-9-15(34-3)11-17(16)29(19)12-13-5-7-14(33-2)8-6-13/h5-11H,4,12H2,1-3H3,(H2,27,28,31,32). The molecule has 0 fully saturated rings. The van der Waals surface area contributed by atoms with Gasteiger partial charge in [-0.15, -0.1) is 0 Å². The van der Waals surface area contributed by atoms with Crippen LogP contribution in [0.15, 0.2) is 42.5 Å². The number of hydrogen-bond donors (Lipinski definition) is 2. The van der Waals surface area contributed by atoms with Gasteiger partial charge in [0.05, 0.1) is 32.0 Å². The maximum Gasteiger partial charge on any atom is 0.357 e. The molecule has 186 valence electrons. The van der Waals surface area contributed by atoms with Gasteiger partial charge in [-0.2, -0.15) is 0 Å². The van der Waals surface area contributed by atoms with Crippen molar-refractivity contribution < 1.29 is 28.6 Å². The number of nitrogens with zero attached hydrogens (tertiary/aromatic N) is 1. The van der Waals surface area contributed by atoms with E-state index in [9.17, 15) is 14.4 Å². The highest BCUT2D eigenvalue weighted by molar-refractivity contribution is 6.76. The third-order valence-corrected chi connectivity index (χ3v) is 5.48. The summed E-state index contributed by atoms with van der Waals surface area (Å²) >= 11 is 16.6. The van der Waals surface area contributed by atoms with Crippen LogP contribution >= 0.6 is 34.8 Å². The molecule has 35 heavy (non-hydrogen) atoms. The summed E-state index contributed by atoms with van der Waals surface area (Å²) < 4.78 is 15.2. The van der Waals surface area contributed by atoms with Crippen LogP contribution in [0.1, 0.15) is 23.0 Å². The molecule has 0 spiro atoms. The van der Waals surface area contributed by atoms with Gasteiger partial charge in [-0.05, 0) is 36.8 Å². The zero-order valence-corrected chi connectivity index (χ0v) is 21.3. The first-order valence-corrected chi connectivity index (χ1v) is 11.4. The van der Waals surface area contributed by atoms with E-state index < -0.39 is 21.7 Å². The predicted molar refractivity (Wildman–Crippen MR) is 134 cm³/mol. The number of anilines is 1. The Morgan fingerprint density at radius 2 is 1.60 bits per heavy atom. The fourth-order valence-corrected chi connectivity index (χ4v) is 3.53. The number of aromatic nitrogens is 1. The highest BCUT2D eigenvalue weighted by Crippen LogP contribution is 2.35. The van der Waals surface area contributed by atoms with Crippen molar-refractivity contribution in [3.05, 3.63) is 53.7 Å². The van der Waals surface area contributed by atoms with E-state index in [0.29, 0.717) is 22.4 Å². The number of imide groups is 1. The summed E-state index contributed by atoms with van der Waals surface area (Å²) in [5, 5.41) is 4.97. The number of halogens is 3. The Kier molecular flexibility index (Phi) is 8.37. The summed E-state index contributed by atoms with van der Waals surface area (Å²) in [6.45, 7) is 2.01. The molecular weight excluding hydrogens is 521 g/mol. The summed E-state index contributed by atoms with van der Waals surface area (Å²) in [6.07, 6.45) is 0. The molecule has 0 aliphatic carbocycles. The van der Waals surface area contributed by atoms with Crippen LogP contribution in [0, 0.1) is 0 Å². The van der Waals surface area contributed by atoms with Crippen LogP contribution in [-0.4, -0.2) is 47.1 Å². The average molecular weight is 543 g/mol. The number of benzene rings is 2. The maximum atomic E-state index is 13.1. The third-order valence-electron chi connectivity index (χ3n) is 4.96. The van der Waals surface area contributed by atoms with Gasteiger partial charge in [0, 0.05) is 18.0 Å². The van der Waals surface area contributed by atoms with E-state index in [2.05, 4.69) is 5.32 Å². The van der Waals surface area contributed by atoms with Crippen LogP contribution < -0.4 is 20.1 Å². The van der Waals surface area contributed by atoms with E-state index in [1.54, 1.807) is 48.9 Å². The largest absolute Gasteiger partial charge is 0.497 e. The monoisotopic (exact) mass is 541 g/mol. The van der Waals surface area contributed by atoms with E-state index in [0.717, 1.165) is 5.56 Å². The van der Waals surface area contributed by atoms with Crippen LogP contribution in [0.4, 0.5) is 10.5 Å². The molecule has 3 aromatic rings. The Labute approximate surface area is 216 Å². The minimum atomic E-state index is -2.35. The van der Waals surface area contributed by atoms with Gasteiger partial charge in [-0.3, -0.25) is 10.1 Å². The second-order valence-electron chi connectivity index (χ2n) is 7.17. The summed E-state index contributed by atoms with van der Waals surface area (Å²) in [6, 6.07) is 11.3. The molecule has 3 rings (SSSR count). The highest BCUT2D eigenvalue weighted by atomic mass is 35.6. The molecule has 0 atom stereocenters. The lowest BCUT2D eigenvalue weighted by molar-refractivity contribution is -0.119. The lowest BCUT2D eigenvalue weighted by Crippen LogP contribution is -2.41. The molecule has 0 unspecified atom stereocenters. The van der Waals surface area contributed by atoms with E-state index in [1.807, 2.05) is 17.4 Å². The fourth-order valence-electron chi connectivity index (χ4n) is 3.39. The van der Waals surface area contributed by atoms with Gasteiger partial charge in [0.2, 0.25) is 0 Å². The minimum absolute atomic E-state index is 0.0578. The number of methoxy groups -OCH3 is 2. The number of hydrogen-bond acceptors (Lipinski definition) is 6. The Morgan fingerprint density at radius 3 is 2.17 bits per heavy atom. The van der Waals surface area contributed by atoms with Crippen molar-refractivity contribution in [3.8, 4) is 11.5 Å². The SMILES string of the molecule is CCOC(=O)c1c(NC(=O)NC(=O)C(Cl)(Cl)Cl)c2ccc(OC)cc2n1Cc1ccc(OC)cc1. The summed E-state index contributed by atoms with van der Waals surface area (Å²) in [7, 11) is 3.08. The number of rotatable bonds is 7. The number of nitrogens with one attached hydrogen (secondary N) is 2. The first kappa shape index (κ1) is 26.5. The van der Waals surface area contributed by atoms with E-state index in [-0.39, 0.29) is 24.5 Å². The molecule has 0 aliphatic rings. The first-order valence-electron chi connectivity index (χ1n) is 10.3. The van der Waals surface area contributed by atoms with Crippen LogP contribution in [0.5, 0.6) is 11.5 Å². The van der Waals surface area contributed by atoms with Crippen LogP contribution in [0.3, 0.4) is 0 Å². The summed E-state index contributed by atoms with van der Waals surface area (Å²) in [5.41, 5.74) is 1.59. The van der Waals surface area contributed by atoms with E-state index >= 15 is 0 Å². The minimum Gasteiger partial charge on any atom is -0.497 e. The smallest absolute Gasteiger partial charge is 0.357 e. The van der Waals surface area contributed by atoms with E-state index in [4.69, 9.17) is 49.0 Å². The Bertz CT molecular complexity index is 1250. The van der Waals surface area contributed by atoms with Crippen LogP contribution in [-0.2, 0) is 16.1 Å². The molecule has 1 aromatic heterocycles. The molecule has 0 saturated heterocycles. The Balaban J connectivity index is 2.15. The quantitative estimate of drug-likeness (QED) is 0.325. The van der Waals surface area contributed by atoms with Crippen molar-refractivity contribution >= 4 is 69.3 Å². The lowest BCUT2D eigenvalue weighted by Gasteiger charge is -2.14. The second-order valence-corrected chi connectivity index (χ2v) is 9.45. The number of carbonyl (C=O) groups excluding carboxylic acids is 3. The van der Waals surface area contributed by atoms with Crippen LogP contribution in [0.2, 0.25) is 0 Å². The van der Waals surface area contributed by atoms with Crippen molar-refractivity contribution in [2.75, 3.05) is 26.1 Å². The number of alkyl halides is 3. The molecule has 2 aromatic carbocycles. The highest BCUT2D eigenvalue weighted by Gasteiger charge is 2.33. The van der Waals surface area contributed by atoms with Gasteiger partial charge >= 0.3 is 12.0 Å². The van der Waals surface area contributed by atoms with Gasteiger partial charge in [0.25, 0.3) is 9.70 Å². The van der Waals surface area contributed by atoms with Crippen molar-refractivity contribution in [3.63, 3.8) is 0 Å². The molecule has 9 nitrogen and oxygen atoms in total. The molecule has 2 N–H and O–H groups in total. The number of fused-ring (bicyclic) bond motifs is 1. The van der Waals surface area contributed by atoms with Crippen molar-refractivity contribution in [1.82, 2.24) is 9.88 Å². The molecule has 3 amide bonds. The molecule has 0 saturated carbocycles. The van der Waals surface area contributed by atoms with Gasteiger partial charge in [0.1, 0.15) is 11.5 Å². The molecule has 12 heteroatoms. The Morgan fingerprint density at radius 1 is 0.971 bits per heavy atom. The lowest BCUT2D eigenvalue weighted by atomic mass is 10.2. The first-order chi connectivity index (χ1) is 16.6. The normalized spacial score (nSPS) is 11.1. The topological polar surface area (TPSA) is 108 Å². The third kappa shape index (κ3) is 6.11. The zero-order chi connectivity index (χ0) is 25.8. The average Bonchev–Trinajstić information content (AvgIpc) is 3.11. The maximum absolute atomic E-state index is 13.1. The van der Waals surface area contributed by atoms with Gasteiger partial charge in [0.15, 0.2) is 5.69 Å².